The lowest BCUT2D eigenvalue weighted by Gasteiger charge is -2.35. The number of rotatable bonds is 2. The van der Waals surface area contributed by atoms with Crippen LogP contribution in [0.25, 0.3) is 0 Å². The molecule has 1 aliphatic heterocycles. The van der Waals surface area contributed by atoms with Crippen LogP contribution >= 0.6 is 0 Å². The van der Waals surface area contributed by atoms with Crippen LogP contribution in [0, 0.1) is 0 Å². The highest BCUT2D eigenvalue weighted by Crippen LogP contribution is 2.09. The van der Waals surface area contributed by atoms with Crippen LogP contribution in [0.3, 0.4) is 0 Å². The van der Waals surface area contributed by atoms with E-state index in [1.54, 1.807) is 11.0 Å². The monoisotopic (exact) mass is 262 g/mol. The molecule has 0 aromatic carbocycles. The van der Waals surface area contributed by atoms with Crippen LogP contribution in [0.2, 0.25) is 0 Å². The summed E-state index contributed by atoms with van der Waals surface area (Å²) in [7, 11) is 0. The largest absolute Gasteiger partial charge is 0.366 e. The molecule has 2 heterocycles. The summed E-state index contributed by atoms with van der Waals surface area (Å²) in [6.45, 7) is 5.39. The molecule has 1 aromatic heterocycles. The van der Waals surface area contributed by atoms with Crippen molar-refractivity contribution in [1.82, 2.24) is 15.2 Å². The van der Waals surface area contributed by atoms with Gasteiger partial charge in [0.05, 0.1) is 5.56 Å². The van der Waals surface area contributed by atoms with Crippen molar-refractivity contribution in [2.45, 2.75) is 25.9 Å². The molecule has 2 amide bonds. The first-order valence-electron chi connectivity index (χ1n) is 6.28. The lowest BCUT2D eigenvalue weighted by molar-refractivity contribution is 0.0667. The Morgan fingerprint density at radius 1 is 1.32 bits per heavy atom. The molecule has 0 radical (unpaired) electrons. The molecule has 0 bridgehead atoms. The van der Waals surface area contributed by atoms with Gasteiger partial charge in [-0.15, -0.1) is 0 Å². The Kier molecular flexibility index (Phi) is 3.80. The number of hydrogen-bond acceptors (Lipinski definition) is 4. The average Bonchev–Trinajstić information content (AvgIpc) is 2.37. The fourth-order valence-corrected chi connectivity index (χ4v) is 2.32. The van der Waals surface area contributed by atoms with E-state index in [9.17, 15) is 9.59 Å². The quantitative estimate of drug-likeness (QED) is 0.785. The number of hydrogen-bond donors (Lipinski definition) is 2. The third-order valence-corrected chi connectivity index (χ3v) is 3.11. The summed E-state index contributed by atoms with van der Waals surface area (Å²) in [6, 6.07) is 3.59. The number of amides is 2. The van der Waals surface area contributed by atoms with E-state index in [0.29, 0.717) is 24.3 Å². The minimum absolute atomic E-state index is 0.115. The molecule has 0 aliphatic carbocycles. The summed E-state index contributed by atoms with van der Waals surface area (Å²) in [4.78, 5) is 29.0. The van der Waals surface area contributed by atoms with Gasteiger partial charge in [-0.25, -0.2) is 0 Å². The smallest absolute Gasteiger partial charge is 0.272 e. The highest BCUT2D eigenvalue weighted by molar-refractivity contribution is 5.95. The molecule has 1 fully saturated rings. The number of pyridine rings is 1. The lowest BCUT2D eigenvalue weighted by Crippen LogP contribution is -2.55. The zero-order valence-electron chi connectivity index (χ0n) is 11.1. The summed E-state index contributed by atoms with van der Waals surface area (Å²) < 4.78 is 0. The van der Waals surface area contributed by atoms with E-state index in [2.05, 4.69) is 10.3 Å². The third-order valence-electron chi connectivity index (χ3n) is 3.11. The molecule has 0 spiro atoms. The number of carbonyl (C=O) groups excluding carboxylic acids is 2. The second kappa shape index (κ2) is 5.36. The van der Waals surface area contributed by atoms with Crippen LogP contribution in [-0.4, -0.2) is 46.9 Å². The Labute approximate surface area is 112 Å². The lowest BCUT2D eigenvalue weighted by atomic mass is 10.1. The first-order valence-corrected chi connectivity index (χ1v) is 6.28. The SMILES string of the molecule is C[C@H]1CN(C(=O)c2ccc(C(N)=O)cn2)C[C@H](C)N1. The molecule has 2 atom stereocenters. The second-order valence-corrected chi connectivity index (χ2v) is 4.98. The van der Waals surface area contributed by atoms with Crippen molar-refractivity contribution in [2.75, 3.05) is 13.1 Å². The molecule has 2 rings (SSSR count). The molecule has 19 heavy (non-hydrogen) atoms. The summed E-state index contributed by atoms with van der Waals surface area (Å²) in [5.41, 5.74) is 5.78. The molecule has 3 N–H and O–H groups in total. The van der Waals surface area contributed by atoms with E-state index in [-0.39, 0.29) is 18.0 Å². The van der Waals surface area contributed by atoms with Crippen LogP contribution in [0.5, 0.6) is 0 Å². The number of primary amides is 1. The van der Waals surface area contributed by atoms with Gasteiger partial charge >= 0.3 is 0 Å². The van der Waals surface area contributed by atoms with Crippen molar-refractivity contribution in [3.63, 3.8) is 0 Å². The van der Waals surface area contributed by atoms with Crippen LogP contribution in [0.15, 0.2) is 18.3 Å². The molecule has 102 valence electrons. The highest BCUT2D eigenvalue weighted by atomic mass is 16.2. The fourth-order valence-electron chi connectivity index (χ4n) is 2.32. The number of carbonyl (C=O) groups is 2. The standard InChI is InChI=1S/C13H18N4O2/c1-8-6-17(7-9(2)16-8)13(19)11-4-3-10(5-15-11)12(14)18/h3-5,8-9,16H,6-7H2,1-2H3,(H2,14,18)/t8-,9-/m0/s1. The first kappa shape index (κ1) is 13.5. The second-order valence-electron chi connectivity index (χ2n) is 4.98. The van der Waals surface area contributed by atoms with Crippen molar-refractivity contribution in [3.8, 4) is 0 Å². The molecular formula is C13H18N4O2. The van der Waals surface area contributed by atoms with E-state index in [0.717, 1.165) is 0 Å². The Balaban J connectivity index is 2.12. The maximum Gasteiger partial charge on any atom is 0.272 e. The zero-order valence-corrected chi connectivity index (χ0v) is 11.1. The van der Waals surface area contributed by atoms with Crippen molar-refractivity contribution in [1.29, 1.82) is 0 Å². The van der Waals surface area contributed by atoms with Gasteiger partial charge in [-0.3, -0.25) is 14.6 Å². The Morgan fingerprint density at radius 3 is 2.42 bits per heavy atom. The van der Waals surface area contributed by atoms with Gasteiger partial charge in [0.15, 0.2) is 0 Å². The number of nitrogens with one attached hydrogen (secondary N) is 1. The third kappa shape index (κ3) is 3.08. The number of nitrogens with two attached hydrogens (primary N) is 1. The van der Waals surface area contributed by atoms with Crippen LogP contribution < -0.4 is 11.1 Å². The van der Waals surface area contributed by atoms with Gasteiger partial charge < -0.3 is 16.0 Å². The van der Waals surface area contributed by atoms with Gasteiger partial charge in [0, 0.05) is 31.4 Å². The zero-order chi connectivity index (χ0) is 14.0. The number of nitrogens with zero attached hydrogens (tertiary/aromatic N) is 2. The molecule has 6 nitrogen and oxygen atoms in total. The number of piperazine rings is 1. The maximum absolute atomic E-state index is 12.3. The molecule has 6 heteroatoms. The van der Waals surface area contributed by atoms with E-state index < -0.39 is 5.91 Å². The van der Waals surface area contributed by atoms with Crippen molar-refractivity contribution < 1.29 is 9.59 Å². The Hall–Kier alpha value is -1.95. The van der Waals surface area contributed by atoms with Crippen LogP contribution in [-0.2, 0) is 0 Å². The molecule has 0 unspecified atom stereocenters. The average molecular weight is 262 g/mol. The minimum Gasteiger partial charge on any atom is -0.366 e. The summed E-state index contributed by atoms with van der Waals surface area (Å²) in [5.74, 6) is -0.660. The highest BCUT2D eigenvalue weighted by Gasteiger charge is 2.26. The number of aromatic nitrogens is 1. The summed E-state index contributed by atoms with van der Waals surface area (Å²) >= 11 is 0. The molecule has 1 saturated heterocycles. The van der Waals surface area contributed by atoms with Gasteiger partial charge in [0.1, 0.15) is 5.69 Å². The minimum atomic E-state index is -0.545. The topological polar surface area (TPSA) is 88.3 Å². The van der Waals surface area contributed by atoms with Gasteiger partial charge in [-0.1, -0.05) is 0 Å². The van der Waals surface area contributed by atoms with Crippen LogP contribution in [0.1, 0.15) is 34.7 Å². The normalized spacial score (nSPS) is 23.2. The van der Waals surface area contributed by atoms with Crippen LogP contribution in [0.4, 0.5) is 0 Å². The van der Waals surface area contributed by atoms with Gasteiger partial charge in [0.25, 0.3) is 5.91 Å². The molecule has 1 aromatic rings. The van der Waals surface area contributed by atoms with Crippen molar-refractivity contribution in [2.24, 2.45) is 5.73 Å². The molecular weight excluding hydrogens is 244 g/mol. The van der Waals surface area contributed by atoms with E-state index in [4.69, 9.17) is 5.73 Å². The molecule has 1 aliphatic rings. The van der Waals surface area contributed by atoms with E-state index in [1.807, 2.05) is 13.8 Å². The summed E-state index contributed by atoms with van der Waals surface area (Å²) in [5, 5.41) is 3.36. The fraction of sp³-hybridized carbons (Fsp3) is 0.462. The first-order chi connectivity index (χ1) is 8.97. The summed E-state index contributed by atoms with van der Waals surface area (Å²) in [6.07, 6.45) is 1.34. The van der Waals surface area contributed by atoms with Gasteiger partial charge in [-0.05, 0) is 26.0 Å². The predicted octanol–water partition coefficient (Wildman–Crippen LogP) is 0.00290. The van der Waals surface area contributed by atoms with Crippen molar-refractivity contribution in [3.05, 3.63) is 29.6 Å². The maximum atomic E-state index is 12.3. The van der Waals surface area contributed by atoms with Gasteiger partial charge in [-0.2, -0.15) is 0 Å². The van der Waals surface area contributed by atoms with Crippen molar-refractivity contribution >= 4 is 11.8 Å². The van der Waals surface area contributed by atoms with E-state index in [1.165, 1.54) is 12.3 Å². The Morgan fingerprint density at radius 2 is 1.95 bits per heavy atom. The predicted molar refractivity (Wildman–Crippen MR) is 70.7 cm³/mol. The van der Waals surface area contributed by atoms with E-state index >= 15 is 0 Å². The molecule has 0 saturated carbocycles. The Bertz CT molecular complexity index is 476. The van der Waals surface area contributed by atoms with Gasteiger partial charge in [0.2, 0.25) is 5.91 Å².